The van der Waals surface area contributed by atoms with E-state index in [1.807, 2.05) is 0 Å². The predicted molar refractivity (Wildman–Crippen MR) is 101 cm³/mol. The molecule has 128 valence electrons. The molecule has 0 radical (unpaired) electrons. The molecule has 0 saturated heterocycles. The van der Waals surface area contributed by atoms with Crippen molar-refractivity contribution in [1.29, 1.82) is 0 Å². The van der Waals surface area contributed by atoms with Crippen LogP contribution in [0.4, 0.5) is 0 Å². The van der Waals surface area contributed by atoms with Gasteiger partial charge in [0.05, 0.1) is 0 Å². The highest BCUT2D eigenvalue weighted by molar-refractivity contribution is 5.08. The summed E-state index contributed by atoms with van der Waals surface area (Å²) in [6.45, 7) is 27.0. The van der Waals surface area contributed by atoms with E-state index in [9.17, 15) is 0 Å². The summed E-state index contributed by atoms with van der Waals surface area (Å²) in [5.41, 5.74) is 1.67. The summed E-state index contributed by atoms with van der Waals surface area (Å²) < 4.78 is 0. The lowest BCUT2D eigenvalue weighted by atomic mass is 9.77. The van der Waals surface area contributed by atoms with Gasteiger partial charge in [-0.15, -0.1) is 0 Å². The summed E-state index contributed by atoms with van der Waals surface area (Å²) in [5.74, 6) is 3.30. The van der Waals surface area contributed by atoms with Gasteiger partial charge >= 0.3 is 0 Å². The highest BCUT2D eigenvalue weighted by atomic mass is 14.3. The van der Waals surface area contributed by atoms with E-state index in [2.05, 4.69) is 75.8 Å². The van der Waals surface area contributed by atoms with Crippen LogP contribution in [-0.4, -0.2) is 0 Å². The van der Waals surface area contributed by atoms with Gasteiger partial charge in [0.1, 0.15) is 0 Å². The minimum absolute atomic E-state index is 0.271. The Morgan fingerprint density at radius 1 is 0.810 bits per heavy atom. The molecule has 0 nitrogen and oxygen atoms in total. The van der Waals surface area contributed by atoms with Gasteiger partial charge in [-0.2, -0.15) is 0 Å². The molecule has 3 atom stereocenters. The minimum Gasteiger partial charge on any atom is -0.0991 e. The quantitative estimate of drug-likeness (QED) is 0.421. The lowest BCUT2D eigenvalue weighted by molar-refractivity contribution is 0.375. The Balaban J connectivity index is 0. The molecule has 0 fully saturated rings. The first-order valence-corrected chi connectivity index (χ1v) is 9.14. The average molecular weight is 297 g/mol. The van der Waals surface area contributed by atoms with E-state index in [0.717, 1.165) is 17.8 Å². The second kappa shape index (κ2) is 11.3. The molecule has 0 amide bonds. The van der Waals surface area contributed by atoms with Crippen molar-refractivity contribution in [2.45, 2.75) is 94.9 Å². The van der Waals surface area contributed by atoms with Crippen LogP contribution >= 0.6 is 0 Å². The molecule has 0 aromatic heterocycles. The van der Waals surface area contributed by atoms with Crippen molar-refractivity contribution >= 4 is 0 Å². The number of rotatable bonds is 7. The molecule has 0 heterocycles. The molecule has 0 aliphatic heterocycles. The molecule has 0 aliphatic carbocycles. The maximum absolute atomic E-state index is 4.21. The van der Waals surface area contributed by atoms with Crippen molar-refractivity contribution in [2.75, 3.05) is 0 Å². The molecule has 0 aromatic rings. The van der Waals surface area contributed by atoms with Crippen molar-refractivity contribution in [3.8, 4) is 0 Å². The molecule has 0 aliphatic rings. The molecule has 0 bridgehead atoms. The van der Waals surface area contributed by atoms with Crippen LogP contribution in [0, 0.1) is 29.1 Å². The van der Waals surface area contributed by atoms with Crippen LogP contribution < -0.4 is 0 Å². The van der Waals surface area contributed by atoms with Crippen molar-refractivity contribution < 1.29 is 0 Å². The van der Waals surface area contributed by atoms with Crippen molar-refractivity contribution in [3.05, 3.63) is 12.2 Å². The van der Waals surface area contributed by atoms with Gasteiger partial charge in [0, 0.05) is 0 Å². The van der Waals surface area contributed by atoms with Gasteiger partial charge in [0.2, 0.25) is 0 Å². The fourth-order valence-electron chi connectivity index (χ4n) is 2.62. The predicted octanol–water partition coefficient (Wildman–Crippen LogP) is 7.74. The van der Waals surface area contributed by atoms with E-state index in [0.29, 0.717) is 5.92 Å². The van der Waals surface area contributed by atoms with Crippen LogP contribution in [0.25, 0.3) is 0 Å². The zero-order valence-electron chi connectivity index (χ0n) is 16.8. The topological polar surface area (TPSA) is 0 Å². The highest BCUT2D eigenvalue weighted by Gasteiger charge is 2.21. The monoisotopic (exact) mass is 296 g/mol. The minimum atomic E-state index is 0.271. The maximum Gasteiger partial charge on any atom is -0.0173 e. The standard InChI is InChI=1S/C13H26.C8H18/c1-8-10(2)9-11(3)12(4)13(5,6)7;1-5-8(4)6-7(2)3/h10-11H,4,8-9H2,1-3,5-7H3;7-8H,5-6H2,1-4H3. The van der Waals surface area contributed by atoms with Crippen LogP contribution in [0.5, 0.6) is 0 Å². The van der Waals surface area contributed by atoms with Crippen LogP contribution in [0.3, 0.4) is 0 Å². The zero-order chi connectivity index (χ0) is 17.2. The number of hydrogen-bond donors (Lipinski definition) is 0. The second-order valence-corrected chi connectivity index (χ2v) is 8.57. The molecule has 0 N–H and O–H groups in total. The van der Waals surface area contributed by atoms with Crippen LogP contribution in [0.15, 0.2) is 12.2 Å². The zero-order valence-corrected chi connectivity index (χ0v) is 16.8. The molecular formula is C21H44. The lowest BCUT2D eigenvalue weighted by Gasteiger charge is -2.28. The molecule has 3 unspecified atom stereocenters. The van der Waals surface area contributed by atoms with E-state index in [1.54, 1.807) is 0 Å². The molecule has 21 heavy (non-hydrogen) atoms. The third-order valence-corrected chi connectivity index (χ3v) is 4.58. The highest BCUT2D eigenvalue weighted by Crippen LogP contribution is 2.33. The molecule has 0 spiro atoms. The summed E-state index contributed by atoms with van der Waals surface area (Å²) >= 11 is 0. The third-order valence-electron chi connectivity index (χ3n) is 4.58. The van der Waals surface area contributed by atoms with Crippen molar-refractivity contribution in [2.24, 2.45) is 29.1 Å². The Morgan fingerprint density at radius 2 is 1.19 bits per heavy atom. The first-order valence-electron chi connectivity index (χ1n) is 9.14. The summed E-state index contributed by atoms with van der Waals surface area (Å²) in [5, 5.41) is 0. The fourth-order valence-corrected chi connectivity index (χ4v) is 2.62. The first kappa shape index (κ1) is 23.0. The van der Waals surface area contributed by atoms with E-state index < -0.39 is 0 Å². The van der Waals surface area contributed by atoms with Gasteiger partial charge in [-0.05, 0) is 41.9 Å². The lowest BCUT2D eigenvalue weighted by Crippen LogP contribution is -2.16. The normalized spacial score (nSPS) is 16.0. The molecular weight excluding hydrogens is 252 g/mol. The maximum atomic E-state index is 4.21. The van der Waals surface area contributed by atoms with E-state index >= 15 is 0 Å². The Labute approximate surface area is 136 Å². The van der Waals surface area contributed by atoms with Gasteiger partial charge in [0.25, 0.3) is 0 Å². The van der Waals surface area contributed by atoms with Crippen LogP contribution in [0.1, 0.15) is 94.9 Å². The van der Waals surface area contributed by atoms with Crippen LogP contribution in [-0.2, 0) is 0 Å². The van der Waals surface area contributed by atoms with E-state index in [4.69, 9.17) is 0 Å². The fraction of sp³-hybridized carbons (Fsp3) is 0.905. The van der Waals surface area contributed by atoms with Crippen molar-refractivity contribution in [3.63, 3.8) is 0 Å². The Hall–Kier alpha value is -0.260. The first-order chi connectivity index (χ1) is 9.45. The molecule has 0 saturated carbocycles. The van der Waals surface area contributed by atoms with Gasteiger partial charge in [-0.1, -0.05) is 94.2 Å². The Kier molecular flexibility index (Phi) is 12.4. The summed E-state index contributed by atoms with van der Waals surface area (Å²) in [4.78, 5) is 0. The SMILES string of the molecule is C=C(C(C)CC(C)CC)C(C)(C)C.CCC(C)CC(C)C. The number of hydrogen-bond acceptors (Lipinski definition) is 0. The van der Waals surface area contributed by atoms with Gasteiger partial charge < -0.3 is 0 Å². The van der Waals surface area contributed by atoms with Gasteiger partial charge in [-0.3, -0.25) is 0 Å². The molecule has 0 rings (SSSR count). The largest absolute Gasteiger partial charge is 0.0991 e. The smallest absolute Gasteiger partial charge is 0.0173 e. The Bertz CT molecular complexity index is 254. The molecule has 0 heteroatoms. The second-order valence-electron chi connectivity index (χ2n) is 8.57. The Morgan fingerprint density at radius 3 is 1.43 bits per heavy atom. The summed E-state index contributed by atoms with van der Waals surface area (Å²) in [6, 6.07) is 0. The van der Waals surface area contributed by atoms with E-state index in [1.165, 1.54) is 31.3 Å². The van der Waals surface area contributed by atoms with Gasteiger partial charge in [-0.25, -0.2) is 0 Å². The third kappa shape index (κ3) is 13.1. The summed E-state index contributed by atoms with van der Waals surface area (Å²) in [6.07, 6.45) is 5.28. The van der Waals surface area contributed by atoms with Crippen molar-refractivity contribution in [1.82, 2.24) is 0 Å². The average Bonchev–Trinajstić information content (AvgIpc) is 2.36. The molecule has 0 aromatic carbocycles. The van der Waals surface area contributed by atoms with Gasteiger partial charge in [0.15, 0.2) is 0 Å². The van der Waals surface area contributed by atoms with E-state index in [-0.39, 0.29) is 5.41 Å². The number of allylic oxidation sites excluding steroid dienone is 1. The van der Waals surface area contributed by atoms with Crippen LogP contribution in [0.2, 0.25) is 0 Å². The summed E-state index contributed by atoms with van der Waals surface area (Å²) in [7, 11) is 0.